The first kappa shape index (κ1) is 19.0. The fourth-order valence-corrected chi connectivity index (χ4v) is 3.57. The highest BCUT2D eigenvalue weighted by Gasteiger charge is 2.22. The van der Waals surface area contributed by atoms with Crippen LogP contribution in [-0.2, 0) is 6.54 Å². The first-order valence-corrected chi connectivity index (χ1v) is 10.2. The maximum Gasteiger partial charge on any atom is 0.255 e. The molecule has 7 nitrogen and oxygen atoms in total. The maximum absolute atomic E-state index is 13.0. The molecule has 1 amide bonds. The third kappa shape index (κ3) is 3.54. The van der Waals surface area contributed by atoms with Crippen molar-refractivity contribution in [1.82, 2.24) is 15.5 Å². The molecule has 3 heterocycles. The van der Waals surface area contributed by atoms with Gasteiger partial charge in [-0.2, -0.15) is 5.10 Å². The Hall–Kier alpha value is -4.00. The second-order valence-corrected chi connectivity index (χ2v) is 7.20. The van der Waals surface area contributed by atoms with E-state index >= 15 is 0 Å². The molecule has 5 aromatic rings. The van der Waals surface area contributed by atoms with Gasteiger partial charge in [-0.1, -0.05) is 25.1 Å². The molecule has 0 bridgehead atoms. The highest BCUT2D eigenvalue weighted by Crippen LogP contribution is 2.38. The zero-order chi connectivity index (χ0) is 21.2. The van der Waals surface area contributed by atoms with Crippen molar-refractivity contribution >= 4 is 27.8 Å². The minimum atomic E-state index is -0.249. The number of para-hydroxylation sites is 1. The number of amides is 1. The molecule has 31 heavy (non-hydrogen) atoms. The molecule has 2 N–H and O–H groups in total. The fraction of sp³-hybridized carbons (Fsp3) is 0.167. The first-order valence-electron chi connectivity index (χ1n) is 10.2. The molecular weight excluding hydrogens is 394 g/mol. The third-order valence-corrected chi connectivity index (χ3v) is 5.04. The number of H-pyrrole nitrogens is 1. The van der Waals surface area contributed by atoms with Crippen LogP contribution in [0.25, 0.3) is 33.3 Å². The van der Waals surface area contributed by atoms with E-state index in [-0.39, 0.29) is 5.91 Å². The molecule has 0 aliphatic heterocycles. The van der Waals surface area contributed by atoms with E-state index in [0.717, 1.165) is 28.3 Å². The Balaban J connectivity index is 1.59. The monoisotopic (exact) mass is 415 g/mol. The van der Waals surface area contributed by atoms with Crippen LogP contribution in [0.15, 0.2) is 69.7 Å². The molecule has 0 aliphatic carbocycles. The molecule has 0 unspecified atom stereocenters. The van der Waals surface area contributed by atoms with Crippen molar-refractivity contribution in [2.75, 3.05) is 6.61 Å². The molecule has 0 spiro atoms. The number of hydrogen-bond donors (Lipinski definition) is 2. The highest BCUT2D eigenvalue weighted by molar-refractivity contribution is 6.07. The number of rotatable bonds is 7. The van der Waals surface area contributed by atoms with E-state index in [9.17, 15) is 4.79 Å². The number of benzene rings is 2. The normalized spacial score (nSPS) is 11.3. The van der Waals surface area contributed by atoms with Crippen LogP contribution >= 0.6 is 0 Å². The summed E-state index contributed by atoms with van der Waals surface area (Å²) in [5, 5.41) is 12.1. The molecule has 0 aliphatic rings. The van der Waals surface area contributed by atoms with Gasteiger partial charge in [0.2, 0.25) is 0 Å². The summed E-state index contributed by atoms with van der Waals surface area (Å²) in [6.45, 7) is 2.79. The van der Waals surface area contributed by atoms with Gasteiger partial charge in [-0.15, -0.1) is 0 Å². The highest BCUT2D eigenvalue weighted by atomic mass is 16.5. The fourth-order valence-electron chi connectivity index (χ4n) is 3.57. The van der Waals surface area contributed by atoms with Crippen LogP contribution in [0.5, 0.6) is 5.75 Å². The Morgan fingerprint density at radius 2 is 2.06 bits per heavy atom. The minimum absolute atomic E-state index is 0.249. The lowest BCUT2D eigenvalue weighted by atomic mass is 10.1. The number of aromatic amines is 1. The first-order chi connectivity index (χ1) is 15.2. The number of ether oxygens (including phenoxy) is 1. The molecular formula is C24H21N3O4. The van der Waals surface area contributed by atoms with E-state index in [2.05, 4.69) is 15.5 Å². The average Bonchev–Trinajstić information content (AvgIpc) is 3.54. The summed E-state index contributed by atoms with van der Waals surface area (Å²) in [6, 6.07) is 16.9. The number of furan rings is 2. The SMILES string of the molecule is CCCOc1c(C(=O)NCc2ccco2)ccc2[nH]nc(-c3cc4ccccc4o3)c12. The summed E-state index contributed by atoms with van der Waals surface area (Å²) in [5.41, 5.74) is 2.59. The predicted molar refractivity (Wildman–Crippen MR) is 117 cm³/mol. The van der Waals surface area contributed by atoms with Gasteiger partial charge in [0.05, 0.1) is 35.9 Å². The number of hydrogen-bond acceptors (Lipinski definition) is 5. The van der Waals surface area contributed by atoms with E-state index in [4.69, 9.17) is 13.6 Å². The largest absolute Gasteiger partial charge is 0.492 e. The van der Waals surface area contributed by atoms with Gasteiger partial charge in [-0.25, -0.2) is 0 Å². The lowest BCUT2D eigenvalue weighted by Crippen LogP contribution is -2.23. The lowest BCUT2D eigenvalue weighted by Gasteiger charge is -2.13. The molecule has 0 saturated heterocycles. The van der Waals surface area contributed by atoms with Gasteiger partial charge in [0.25, 0.3) is 5.91 Å². The Morgan fingerprint density at radius 3 is 2.87 bits per heavy atom. The van der Waals surface area contributed by atoms with E-state index in [0.29, 0.717) is 41.7 Å². The van der Waals surface area contributed by atoms with Crippen molar-refractivity contribution in [2.45, 2.75) is 19.9 Å². The predicted octanol–water partition coefficient (Wildman–Crippen LogP) is 5.29. The molecule has 156 valence electrons. The number of carbonyl (C=O) groups excluding carboxylic acids is 1. The van der Waals surface area contributed by atoms with Crippen molar-refractivity contribution in [3.8, 4) is 17.2 Å². The summed E-state index contributed by atoms with van der Waals surface area (Å²) in [6.07, 6.45) is 2.39. The molecule has 0 fully saturated rings. The number of carbonyl (C=O) groups is 1. The van der Waals surface area contributed by atoms with Gasteiger partial charge in [0, 0.05) is 5.39 Å². The molecule has 7 heteroatoms. The van der Waals surface area contributed by atoms with Gasteiger partial charge >= 0.3 is 0 Å². The number of nitrogens with zero attached hydrogens (tertiary/aromatic N) is 1. The molecule has 3 aromatic heterocycles. The summed E-state index contributed by atoms with van der Waals surface area (Å²) in [7, 11) is 0. The van der Waals surface area contributed by atoms with Gasteiger partial charge in [0.1, 0.15) is 22.8 Å². The van der Waals surface area contributed by atoms with Crippen LogP contribution in [0.1, 0.15) is 29.5 Å². The number of aromatic nitrogens is 2. The van der Waals surface area contributed by atoms with Crippen LogP contribution in [0.4, 0.5) is 0 Å². The van der Waals surface area contributed by atoms with Crippen LogP contribution < -0.4 is 10.1 Å². The Morgan fingerprint density at radius 1 is 1.16 bits per heavy atom. The van der Waals surface area contributed by atoms with E-state index in [1.165, 1.54) is 0 Å². The number of fused-ring (bicyclic) bond motifs is 2. The quantitative estimate of drug-likeness (QED) is 0.377. The second-order valence-electron chi connectivity index (χ2n) is 7.20. The average molecular weight is 415 g/mol. The summed E-state index contributed by atoms with van der Waals surface area (Å²) >= 11 is 0. The van der Waals surface area contributed by atoms with Crippen LogP contribution in [0.2, 0.25) is 0 Å². The van der Waals surface area contributed by atoms with E-state index in [1.807, 2.05) is 49.4 Å². The van der Waals surface area contributed by atoms with Gasteiger partial charge < -0.3 is 18.9 Å². The third-order valence-electron chi connectivity index (χ3n) is 5.04. The number of nitrogens with one attached hydrogen (secondary N) is 2. The molecule has 5 rings (SSSR count). The molecule has 0 atom stereocenters. The zero-order valence-corrected chi connectivity index (χ0v) is 17.0. The zero-order valence-electron chi connectivity index (χ0n) is 17.0. The summed E-state index contributed by atoms with van der Waals surface area (Å²) < 4.78 is 17.4. The van der Waals surface area contributed by atoms with E-state index in [1.54, 1.807) is 18.4 Å². The Bertz CT molecular complexity index is 1320. The van der Waals surface area contributed by atoms with Gasteiger partial charge in [-0.05, 0) is 42.8 Å². The lowest BCUT2D eigenvalue weighted by molar-refractivity contribution is 0.0944. The molecule has 0 radical (unpaired) electrons. The Labute approximate surface area is 178 Å². The van der Waals surface area contributed by atoms with Gasteiger partial charge in [0.15, 0.2) is 5.76 Å². The summed E-state index contributed by atoms with van der Waals surface area (Å²) in [4.78, 5) is 13.0. The smallest absolute Gasteiger partial charge is 0.255 e. The van der Waals surface area contributed by atoms with Crippen molar-refractivity contribution in [1.29, 1.82) is 0 Å². The topological polar surface area (TPSA) is 93.3 Å². The van der Waals surface area contributed by atoms with Crippen LogP contribution in [0.3, 0.4) is 0 Å². The Kier molecular flexibility index (Phi) is 4.92. The van der Waals surface area contributed by atoms with Crippen LogP contribution in [0, 0.1) is 0 Å². The van der Waals surface area contributed by atoms with Crippen molar-refractivity contribution in [3.05, 3.63) is 72.2 Å². The van der Waals surface area contributed by atoms with Crippen molar-refractivity contribution < 1.29 is 18.4 Å². The standard InChI is InChI=1S/C24H21N3O4/c1-2-11-30-23-17(24(28)25-14-16-7-5-12-29-16)9-10-18-21(23)22(27-26-18)20-13-15-6-3-4-8-19(15)31-20/h3-10,12-13H,2,11,14H2,1H3,(H,25,28)(H,26,27). The second kappa shape index (κ2) is 8.02. The van der Waals surface area contributed by atoms with Crippen LogP contribution in [-0.4, -0.2) is 22.7 Å². The molecule has 2 aromatic carbocycles. The minimum Gasteiger partial charge on any atom is -0.492 e. The van der Waals surface area contributed by atoms with E-state index < -0.39 is 0 Å². The van der Waals surface area contributed by atoms with Gasteiger partial charge in [-0.3, -0.25) is 9.89 Å². The molecule has 0 saturated carbocycles. The summed E-state index contributed by atoms with van der Waals surface area (Å²) in [5.74, 6) is 1.53. The van der Waals surface area contributed by atoms with Crippen molar-refractivity contribution in [2.24, 2.45) is 0 Å². The maximum atomic E-state index is 13.0. The van der Waals surface area contributed by atoms with Crippen molar-refractivity contribution in [3.63, 3.8) is 0 Å².